The molecule has 0 aliphatic carbocycles. The number of aliphatic hydroxyl groups is 3. The lowest BCUT2D eigenvalue weighted by Gasteiger charge is -2.47. The lowest BCUT2D eigenvalue weighted by Crippen LogP contribution is -2.63. The Bertz CT molecular complexity index is 3540. The number of hydrogen-bond acceptors (Lipinski definition) is 35. The molecular formula is C99H167F7O35. The maximum Gasteiger partial charge on any atom is 0.375 e. The first-order valence-corrected chi connectivity index (χ1v) is 47.4. The minimum Gasteiger partial charge on any atom is -0.479 e. The largest absolute Gasteiger partial charge is 0.479 e. The highest BCUT2D eigenvalue weighted by Gasteiger charge is 2.65. The quantitative estimate of drug-likeness (QED) is 0.0330. The monoisotopic (exact) mass is 2050 g/mol. The molecule has 40 atom stereocenters. The zero-order chi connectivity index (χ0) is 108. The van der Waals surface area contributed by atoms with Gasteiger partial charge in [-0.1, -0.05) is 174 Å². The predicted octanol–water partition coefficient (Wildman–Crippen LogP) is 14.4. The van der Waals surface area contributed by atoms with Crippen LogP contribution in [0.5, 0.6) is 0 Å². The average molecular weight is 2050 g/mol. The Morgan fingerprint density at radius 1 is 0.312 bits per heavy atom. The molecule has 0 aromatic carbocycles. The van der Waals surface area contributed by atoms with Crippen LogP contribution in [0.2, 0.25) is 0 Å². The van der Waals surface area contributed by atoms with E-state index >= 15 is 0 Å². The third kappa shape index (κ3) is 33.7. The van der Waals surface area contributed by atoms with E-state index in [4.69, 9.17) is 66.3 Å². The van der Waals surface area contributed by atoms with E-state index in [2.05, 4.69) is 23.7 Å². The van der Waals surface area contributed by atoms with Gasteiger partial charge in [0.15, 0.2) is 30.9 Å². The van der Waals surface area contributed by atoms with Crippen LogP contribution in [0.3, 0.4) is 0 Å². The Morgan fingerprint density at radius 2 is 0.532 bits per heavy atom. The fraction of sp³-hybridized carbons (Fsp3) is 0.848. The van der Waals surface area contributed by atoms with Gasteiger partial charge in [0.05, 0.1) is 73.2 Å². The Kier molecular flexibility index (Phi) is 56.9. The Labute approximate surface area is 828 Å². The van der Waals surface area contributed by atoms with Crippen LogP contribution in [-0.2, 0) is 152 Å². The number of carbonyl (C=O) groups is 13. The molecule has 6 aliphatic heterocycles. The maximum absolute atomic E-state index is 14.8. The minimum absolute atomic E-state index is 0. The summed E-state index contributed by atoms with van der Waals surface area (Å²) in [5.74, 6) is -31.4. The maximum atomic E-state index is 14.8. The summed E-state index contributed by atoms with van der Waals surface area (Å²) in [6, 6.07) is 0. The SMILES string of the molecule is C.C.CC[C@@H](C)[C@@H](OC(C)=O)C1OC(C(=O)OC)=C[C@H](OC(C)=O)[C@H]1C.CC[C@@H](OC(C)=O)[C@@H](C)C1O[C@@](F)(C(=O)OC)C(F)[C@@H](C)[C@H]1C.CC[C@@H](OC(C)=O)[C@@H](C)C1O[C@](F)(C(=O)OC)C(F)[C@@H](C)[C@H]1C.CC[C@@H](OC(C)=O)[C@@H](C)C1O[C@](O)(C(=O)OC)C(F)[C@@H](C)[C@H]1C.CC[C@@H](OC(C)=O)[C@@H](C)C1O[C@](O)(C(=O)OC)C(F)[C@@H](C)[C@H]1C.CC[C@@H](OC(C)=O)[C@@H](C)C1O[C@](O)(C(=O)OC)C(F)[C@@H](C)[C@H]1C. The first-order valence-electron chi connectivity index (χ1n) is 47.4. The number of hydrogen-bond donors (Lipinski definition) is 3. The molecule has 0 amide bonds. The van der Waals surface area contributed by atoms with Crippen LogP contribution in [0.25, 0.3) is 0 Å². The fourth-order valence-corrected chi connectivity index (χ4v) is 18.5. The fourth-order valence-electron chi connectivity index (χ4n) is 18.5. The summed E-state index contributed by atoms with van der Waals surface area (Å²) in [4.78, 5) is 150. The van der Waals surface area contributed by atoms with E-state index in [1.807, 2.05) is 55.4 Å². The van der Waals surface area contributed by atoms with Gasteiger partial charge in [-0.25, -0.2) is 50.7 Å². The first kappa shape index (κ1) is 135. The number of halogens is 7. The van der Waals surface area contributed by atoms with Crippen molar-refractivity contribution >= 4 is 77.6 Å². The molecule has 0 radical (unpaired) electrons. The van der Waals surface area contributed by atoms with Crippen molar-refractivity contribution in [2.24, 2.45) is 101 Å². The molecule has 822 valence electrons. The van der Waals surface area contributed by atoms with Crippen LogP contribution in [0, 0.1) is 101 Å². The number of ether oxygens (including phenoxy) is 19. The van der Waals surface area contributed by atoms with Crippen LogP contribution in [0.15, 0.2) is 11.8 Å². The number of carbonyl (C=O) groups excluding carboxylic acids is 13. The molecule has 6 aliphatic rings. The minimum atomic E-state index is -3.14. The van der Waals surface area contributed by atoms with Gasteiger partial charge < -0.3 is 105 Å². The van der Waals surface area contributed by atoms with Crippen molar-refractivity contribution in [3.63, 3.8) is 0 Å². The Balaban J connectivity index is 0. The Morgan fingerprint density at radius 3 is 0.723 bits per heavy atom. The predicted molar refractivity (Wildman–Crippen MR) is 496 cm³/mol. The van der Waals surface area contributed by atoms with Crippen molar-refractivity contribution in [1.29, 1.82) is 0 Å². The van der Waals surface area contributed by atoms with E-state index in [-0.39, 0.29) is 79.8 Å². The summed E-state index contributed by atoms with van der Waals surface area (Å²) in [7, 11) is 6.38. The van der Waals surface area contributed by atoms with Crippen molar-refractivity contribution in [3.8, 4) is 0 Å². The van der Waals surface area contributed by atoms with Gasteiger partial charge in [0.25, 0.3) is 17.4 Å². The van der Waals surface area contributed by atoms with E-state index in [1.165, 1.54) is 75.5 Å². The lowest BCUT2D eigenvalue weighted by molar-refractivity contribution is -0.314. The zero-order valence-corrected chi connectivity index (χ0v) is 87.6. The second-order valence-electron chi connectivity index (χ2n) is 37.4. The van der Waals surface area contributed by atoms with Crippen LogP contribution >= 0.6 is 0 Å². The van der Waals surface area contributed by atoms with E-state index < -0.39 is 258 Å². The molecule has 0 aromatic rings. The van der Waals surface area contributed by atoms with Gasteiger partial charge in [-0.15, -0.1) is 0 Å². The highest BCUT2D eigenvalue weighted by Crippen LogP contribution is 2.50. The molecule has 141 heavy (non-hydrogen) atoms. The summed E-state index contributed by atoms with van der Waals surface area (Å²) in [5, 5.41) is 31.1. The third-order valence-corrected chi connectivity index (χ3v) is 28.1. The van der Waals surface area contributed by atoms with Gasteiger partial charge in [0.2, 0.25) is 5.76 Å². The summed E-state index contributed by atoms with van der Waals surface area (Å²) >= 11 is 0. The number of rotatable bonds is 31. The van der Waals surface area contributed by atoms with E-state index in [9.17, 15) is 108 Å². The van der Waals surface area contributed by atoms with Crippen LogP contribution in [0.4, 0.5) is 30.7 Å². The topological polar surface area (TPSA) is 458 Å². The van der Waals surface area contributed by atoms with Crippen molar-refractivity contribution in [2.75, 3.05) is 42.7 Å². The molecule has 6 rings (SSSR count). The smallest absolute Gasteiger partial charge is 0.375 e. The van der Waals surface area contributed by atoms with E-state index in [0.717, 1.165) is 42.0 Å². The molecule has 35 nitrogen and oxygen atoms in total. The molecule has 3 N–H and O–H groups in total. The van der Waals surface area contributed by atoms with Gasteiger partial charge in [0.1, 0.15) is 48.8 Å². The van der Waals surface area contributed by atoms with Crippen LogP contribution < -0.4 is 0 Å². The van der Waals surface area contributed by atoms with Gasteiger partial charge in [-0.3, -0.25) is 33.6 Å². The summed E-state index contributed by atoms with van der Waals surface area (Å²) < 4.78 is 198. The summed E-state index contributed by atoms with van der Waals surface area (Å²) in [6.07, 6.45) is -13.0. The first-order chi connectivity index (χ1) is 64.2. The standard InChI is InChI=1S/C17H26O7.2C16H26F2O5.3C16H27FO6.2CH4/c1-7-9(2)15(23-12(5)19)16-10(3)13(22-11(4)18)8-14(24-16)17(20)21-6;2*1-7-12(22-11(5)19)10(4)13-8(2)9(3)14(17)16(18,23-13)15(20)21-6;3*1-7-12(22-11(5)18)10(4)13-8(2)9(3)14(17)16(20,23-13)15(19)21-6;;/h8-10,13,15-16H,7H2,1-6H3;2*8-10,12-14H,7H2,1-6H3;3*8-10,12-14,20H,7H2,1-6H3;2*1H4/t9-,10-,13+,15-,16?;8-,9+,10-,12-,13?,14?,16+;8-,9+,10-,12-,13?,14?,16-;3*8-,9+,10-,12-,13?,14?,16+;;/m111111../s1. The molecule has 0 aromatic heterocycles. The normalized spacial score (nSPS) is 34.4. The number of esters is 13. The molecule has 42 heteroatoms. The third-order valence-electron chi connectivity index (χ3n) is 28.1. The molecule has 11 unspecified atom stereocenters. The summed E-state index contributed by atoms with van der Waals surface area (Å²) in [5.41, 5.74) is 0. The summed E-state index contributed by atoms with van der Waals surface area (Å²) in [6.45, 7) is 49.6. The van der Waals surface area contributed by atoms with Crippen molar-refractivity contribution in [3.05, 3.63) is 11.8 Å². The zero-order valence-electron chi connectivity index (χ0n) is 87.6. The van der Waals surface area contributed by atoms with E-state index in [1.54, 1.807) is 90.0 Å². The molecule has 6 heterocycles. The molecule has 0 spiro atoms. The van der Waals surface area contributed by atoms with Crippen molar-refractivity contribution < 1.29 is 198 Å². The lowest BCUT2D eigenvalue weighted by atomic mass is 9.75. The van der Waals surface area contributed by atoms with E-state index in [0.29, 0.717) is 32.1 Å². The van der Waals surface area contributed by atoms with Gasteiger partial charge in [0, 0.05) is 90.0 Å². The van der Waals surface area contributed by atoms with Crippen molar-refractivity contribution in [1.82, 2.24) is 0 Å². The number of alkyl halides is 7. The second-order valence-corrected chi connectivity index (χ2v) is 37.4. The molecular weight excluding hydrogens is 1880 g/mol. The highest BCUT2D eigenvalue weighted by molar-refractivity contribution is 5.87. The molecule has 5 fully saturated rings. The second kappa shape index (κ2) is 59.5. The Hall–Kier alpha value is -8.16. The van der Waals surface area contributed by atoms with Gasteiger partial charge >= 0.3 is 89.3 Å². The molecule has 0 bridgehead atoms. The van der Waals surface area contributed by atoms with Gasteiger partial charge in [-0.05, 0) is 104 Å². The molecule has 0 saturated carbocycles. The highest BCUT2D eigenvalue weighted by atomic mass is 19.2. The van der Waals surface area contributed by atoms with Crippen molar-refractivity contribution in [2.45, 2.75) is 400 Å². The van der Waals surface area contributed by atoms with Crippen LogP contribution in [0.1, 0.15) is 261 Å². The number of methoxy groups -OCH3 is 6. The molecule has 5 saturated heterocycles. The van der Waals surface area contributed by atoms with Crippen LogP contribution in [-0.4, -0.2) is 275 Å². The van der Waals surface area contributed by atoms with Gasteiger partial charge in [-0.2, -0.15) is 8.78 Å². The average Bonchev–Trinajstić information content (AvgIpc) is 0.773.